The first-order chi connectivity index (χ1) is 6.50. The van der Waals surface area contributed by atoms with Gasteiger partial charge >= 0.3 is 5.97 Å². The Labute approximate surface area is 87.5 Å². The van der Waals surface area contributed by atoms with Crippen LogP contribution in [0.4, 0.5) is 0 Å². The third-order valence-electron chi connectivity index (χ3n) is 2.02. The topological polar surface area (TPSA) is 63.3 Å². The molecule has 0 fully saturated rings. The summed E-state index contributed by atoms with van der Waals surface area (Å²) in [5, 5.41) is 9.17. The van der Waals surface area contributed by atoms with E-state index in [-0.39, 0.29) is 6.42 Å². The molecule has 0 saturated heterocycles. The Morgan fingerprint density at radius 1 is 1.64 bits per heavy atom. The fourth-order valence-corrected chi connectivity index (χ4v) is 1.33. The van der Waals surface area contributed by atoms with Gasteiger partial charge in [-0.25, -0.2) is 0 Å². The van der Waals surface area contributed by atoms with Crippen LogP contribution in [0.15, 0.2) is 18.2 Å². The Balaban J connectivity index is 2.85. The lowest BCUT2D eigenvalue weighted by atomic mass is 10.0. The van der Waals surface area contributed by atoms with Crippen molar-refractivity contribution in [2.45, 2.75) is 19.4 Å². The average Bonchev–Trinajstić information content (AvgIpc) is 2.08. The molecule has 1 rings (SSSR count). The molecule has 76 valence electrons. The van der Waals surface area contributed by atoms with E-state index in [2.05, 4.69) is 0 Å². The van der Waals surface area contributed by atoms with E-state index in [1.165, 1.54) is 0 Å². The Bertz CT molecular complexity index is 352. The van der Waals surface area contributed by atoms with E-state index in [4.69, 9.17) is 22.4 Å². The normalized spacial score (nSPS) is 12.5. The summed E-state index contributed by atoms with van der Waals surface area (Å²) in [4.78, 5) is 10.4. The van der Waals surface area contributed by atoms with Crippen molar-refractivity contribution in [3.05, 3.63) is 34.3 Å². The maximum absolute atomic E-state index is 10.4. The molecule has 1 aromatic carbocycles. The SMILES string of the molecule is Cc1ccc(C(N)CC(=O)O)cc1Cl. The fraction of sp³-hybridized carbons (Fsp3) is 0.300. The number of carbonyl (C=O) groups is 1. The summed E-state index contributed by atoms with van der Waals surface area (Å²) in [6.07, 6.45) is -0.0839. The van der Waals surface area contributed by atoms with Crippen LogP contribution >= 0.6 is 11.6 Å². The Kier molecular flexibility index (Phi) is 3.49. The molecule has 4 heteroatoms. The third-order valence-corrected chi connectivity index (χ3v) is 2.43. The molecule has 1 aromatic rings. The van der Waals surface area contributed by atoms with Crippen molar-refractivity contribution >= 4 is 17.6 Å². The Hall–Kier alpha value is -1.06. The van der Waals surface area contributed by atoms with Crippen LogP contribution in [0.3, 0.4) is 0 Å². The molecule has 0 heterocycles. The molecule has 0 amide bonds. The van der Waals surface area contributed by atoms with Crippen molar-refractivity contribution in [2.24, 2.45) is 5.73 Å². The van der Waals surface area contributed by atoms with E-state index in [9.17, 15) is 4.79 Å². The van der Waals surface area contributed by atoms with E-state index in [1.807, 2.05) is 13.0 Å². The van der Waals surface area contributed by atoms with Crippen molar-refractivity contribution in [2.75, 3.05) is 0 Å². The van der Waals surface area contributed by atoms with Crippen LogP contribution in [-0.4, -0.2) is 11.1 Å². The number of aryl methyl sites for hydroxylation is 1. The van der Waals surface area contributed by atoms with Gasteiger partial charge in [0.25, 0.3) is 0 Å². The second-order valence-corrected chi connectivity index (χ2v) is 3.62. The first kappa shape index (κ1) is 11.0. The zero-order chi connectivity index (χ0) is 10.7. The molecule has 3 N–H and O–H groups in total. The molecule has 1 unspecified atom stereocenters. The summed E-state index contributed by atoms with van der Waals surface area (Å²) in [6.45, 7) is 1.88. The standard InChI is InChI=1S/C10H12ClNO2/c1-6-2-3-7(4-8(6)11)9(12)5-10(13)14/h2-4,9H,5,12H2,1H3,(H,13,14). The van der Waals surface area contributed by atoms with Crippen LogP contribution in [0.2, 0.25) is 5.02 Å². The number of rotatable bonds is 3. The van der Waals surface area contributed by atoms with Gasteiger partial charge in [-0.2, -0.15) is 0 Å². The molecule has 0 bridgehead atoms. The van der Waals surface area contributed by atoms with Crippen molar-refractivity contribution in [3.63, 3.8) is 0 Å². The summed E-state index contributed by atoms with van der Waals surface area (Å²) in [6, 6.07) is 4.85. The van der Waals surface area contributed by atoms with Gasteiger partial charge in [-0.05, 0) is 24.1 Å². The number of carboxylic acid groups (broad SMARTS) is 1. The van der Waals surface area contributed by atoms with Gasteiger partial charge in [0.2, 0.25) is 0 Å². The van der Waals surface area contributed by atoms with Crippen LogP contribution in [0.25, 0.3) is 0 Å². The highest BCUT2D eigenvalue weighted by atomic mass is 35.5. The lowest BCUT2D eigenvalue weighted by molar-refractivity contribution is -0.137. The van der Waals surface area contributed by atoms with Crippen LogP contribution in [0.1, 0.15) is 23.6 Å². The number of benzene rings is 1. The molecule has 14 heavy (non-hydrogen) atoms. The predicted octanol–water partition coefficient (Wildman–Crippen LogP) is 2.12. The molecule has 0 aliphatic carbocycles. The maximum atomic E-state index is 10.4. The first-order valence-corrected chi connectivity index (χ1v) is 4.62. The van der Waals surface area contributed by atoms with Crippen LogP contribution in [-0.2, 0) is 4.79 Å². The average molecular weight is 214 g/mol. The minimum Gasteiger partial charge on any atom is -0.481 e. The quantitative estimate of drug-likeness (QED) is 0.809. The lowest BCUT2D eigenvalue weighted by Gasteiger charge is -2.10. The van der Waals surface area contributed by atoms with E-state index >= 15 is 0 Å². The van der Waals surface area contributed by atoms with Gasteiger partial charge in [0.15, 0.2) is 0 Å². The molecule has 0 aromatic heterocycles. The van der Waals surface area contributed by atoms with Crippen molar-refractivity contribution < 1.29 is 9.90 Å². The number of hydrogen-bond donors (Lipinski definition) is 2. The van der Waals surface area contributed by atoms with Crippen molar-refractivity contribution in [1.82, 2.24) is 0 Å². The van der Waals surface area contributed by atoms with Gasteiger partial charge in [0, 0.05) is 11.1 Å². The molecule has 3 nitrogen and oxygen atoms in total. The van der Waals surface area contributed by atoms with Crippen LogP contribution in [0, 0.1) is 6.92 Å². The summed E-state index contributed by atoms with van der Waals surface area (Å²) in [5.74, 6) is -0.908. The van der Waals surface area contributed by atoms with Gasteiger partial charge in [0.05, 0.1) is 6.42 Å². The summed E-state index contributed by atoms with van der Waals surface area (Å²) in [5.41, 5.74) is 7.38. The number of halogens is 1. The van der Waals surface area contributed by atoms with Gasteiger partial charge in [-0.3, -0.25) is 4.79 Å². The highest BCUT2D eigenvalue weighted by molar-refractivity contribution is 6.31. The summed E-state index contributed by atoms with van der Waals surface area (Å²) in [7, 11) is 0. The molecular weight excluding hydrogens is 202 g/mol. The van der Waals surface area contributed by atoms with E-state index in [0.29, 0.717) is 5.02 Å². The maximum Gasteiger partial charge on any atom is 0.305 e. The highest BCUT2D eigenvalue weighted by Gasteiger charge is 2.11. The smallest absolute Gasteiger partial charge is 0.305 e. The monoisotopic (exact) mass is 213 g/mol. The molecule has 0 spiro atoms. The van der Waals surface area contributed by atoms with Gasteiger partial charge in [0.1, 0.15) is 0 Å². The molecule has 0 aliphatic heterocycles. The zero-order valence-corrected chi connectivity index (χ0v) is 8.58. The fourth-order valence-electron chi connectivity index (χ4n) is 1.15. The summed E-state index contributed by atoms with van der Waals surface area (Å²) >= 11 is 5.89. The van der Waals surface area contributed by atoms with Gasteiger partial charge in [-0.15, -0.1) is 0 Å². The largest absolute Gasteiger partial charge is 0.481 e. The second kappa shape index (κ2) is 4.44. The number of aliphatic carboxylic acids is 1. The molecule has 0 aliphatic rings. The van der Waals surface area contributed by atoms with E-state index in [0.717, 1.165) is 11.1 Å². The van der Waals surface area contributed by atoms with E-state index in [1.54, 1.807) is 12.1 Å². The first-order valence-electron chi connectivity index (χ1n) is 4.24. The van der Waals surface area contributed by atoms with Crippen molar-refractivity contribution in [1.29, 1.82) is 0 Å². The second-order valence-electron chi connectivity index (χ2n) is 3.21. The van der Waals surface area contributed by atoms with Crippen LogP contribution < -0.4 is 5.73 Å². The Morgan fingerprint density at radius 2 is 2.29 bits per heavy atom. The highest BCUT2D eigenvalue weighted by Crippen LogP contribution is 2.21. The number of carboxylic acids is 1. The van der Waals surface area contributed by atoms with Crippen molar-refractivity contribution in [3.8, 4) is 0 Å². The molecule has 0 saturated carbocycles. The van der Waals surface area contributed by atoms with E-state index < -0.39 is 12.0 Å². The van der Waals surface area contributed by atoms with Gasteiger partial charge < -0.3 is 10.8 Å². The van der Waals surface area contributed by atoms with Crippen LogP contribution in [0.5, 0.6) is 0 Å². The third kappa shape index (κ3) is 2.72. The van der Waals surface area contributed by atoms with Gasteiger partial charge in [-0.1, -0.05) is 23.7 Å². The predicted molar refractivity (Wildman–Crippen MR) is 55.4 cm³/mol. The molecule has 1 atom stereocenters. The number of hydrogen-bond acceptors (Lipinski definition) is 2. The minimum absolute atomic E-state index is 0.0839. The minimum atomic E-state index is -0.908. The molecular formula is C10H12ClNO2. The zero-order valence-electron chi connectivity index (χ0n) is 7.83. The summed E-state index contributed by atoms with van der Waals surface area (Å²) < 4.78 is 0. The number of nitrogens with two attached hydrogens (primary N) is 1. The Morgan fingerprint density at radius 3 is 2.79 bits per heavy atom. The lowest BCUT2D eigenvalue weighted by Crippen LogP contribution is -2.14. The molecule has 0 radical (unpaired) electrons.